The largest absolute Gasteiger partial charge is 0.398 e. The number of hydrogen-bond donors (Lipinski definition) is 1. The molecular weight excluding hydrogens is 322 g/mol. The number of anilines is 1. The topological polar surface area (TPSA) is 43.8 Å². The van der Waals surface area contributed by atoms with E-state index < -0.39 is 0 Å². The number of nitrogen functional groups attached to an aromatic ring is 1. The van der Waals surface area contributed by atoms with Crippen LogP contribution in [0.3, 0.4) is 0 Å². The summed E-state index contributed by atoms with van der Waals surface area (Å²) in [6, 6.07) is 9.95. The third kappa shape index (κ3) is 2.72. The third-order valence-electron chi connectivity index (χ3n) is 2.84. The summed E-state index contributed by atoms with van der Waals surface area (Å²) in [4.78, 5) is 1.27. The van der Waals surface area contributed by atoms with Crippen molar-refractivity contribution in [2.24, 2.45) is 0 Å². The molecule has 0 amide bonds. The second-order valence-corrected chi connectivity index (χ2v) is 6.16. The van der Waals surface area contributed by atoms with Gasteiger partial charge in [0.15, 0.2) is 0 Å². The molecule has 0 aliphatic rings. The lowest BCUT2D eigenvalue weighted by Crippen LogP contribution is -1.97. The van der Waals surface area contributed by atoms with Gasteiger partial charge in [-0.15, -0.1) is 11.3 Å². The second-order valence-electron chi connectivity index (χ2n) is 4.25. The summed E-state index contributed by atoms with van der Waals surface area (Å²) in [5, 5.41) is 6.47. The average Bonchev–Trinajstić information content (AvgIpc) is 3.00. The van der Waals surface area contributed by atoms with E-state index in [1.807, 2.05) is 41.3 Å². The summed E-state index contributed by atoms with van der Waals surface area (Å²) in [7, 11) is 0. The Morgan fingerprint density at radius 2 is 2.16 bits per heavy atom. The van der Waals surface area contributed by atoms with Crippen LogP contribution in [0.15, 0.2) is 52.6 Å². The minimum Gasteiger partial charge on any atom is -0.398 e. The van der Waals surface area contributed by atoms with Crippen LogP contribution in [-0.2, 0) is 6.54 Å². The van der Waals surface area contributed by atoms with Crippen molar-refractivity contribution in [3.05, 3.63) is 57.5 Å². The Kier molecular flexibility index (Phi) is 3.40. The van der Waals surface area contributed by atoms with Gasteiger partial charge in [0.25, 0.3) is 0 Å². The highest BCUT2D eigenvalue weighted by atomic mass is 79.9. The van der Waals surface area contributed by atoms with E-state index in [1.54, 1.807) is 11.3 Å². The van der Waals surface area contributed by atoms with Crippen LogP contribution in [0.4, 0.5) is 5.69 Å². The van der Waals surface area contributed by atoms with Gasteiger partial charge in [0.2, 0.25) is 0 Å². The molecular formula is C14H12BrN3S. The van der Waals surface area contributed by atoms with E-state index in [4.69, 9.17) is 5.73 Å². The molecule has 0 saturated heterocycles. The van der Waals surface area contributed by atoms with Crippen LogP contribution in [0.2, 0.25) is 0 Å². The smallest absolute Gasteiger partial charge is 0.0752 e. The molecule has 5 heteroatoms. The van der Waals surface area contributed by atoms with Crippen molar-refractivity contribution in [1.82, 2.24) is 9.78 Å². The van der Waals surface area contributed by atoms with E-state index in [9.17, 15) is 0 Å². The molecule has 0 fully saturated rings. The van der Waals surface area contributed by atoms with E-state index in [2.05, 4.69) is 32.5 Å². The molecule has 0 radical (unpaired) electrons. The van der Waals surface area contributed by atoms with Gasteiger partial charge in [-0.2, -0.15) is 5.10 Å². The summed E-state index contributed by atoms with van der Waals surface area (Å²) in [6.07, 6.45) is 3.88. The number of para-hydroxylation sites is 1. The third-order valence-corrected chi connectivity index (χ3v) is 4.53. The van der Waals surface area contributed by atoms with Gasteiger partial charge in [-0.1, -0.05) is 18.2 Å². The summed E-state index contributed by atoms with van der Waals surface area (Å²) in [6.45, 7) is 0.781. The van der Waals surface area contributed by atoms with Crippen LogP contribution in [-0.4, -0.2) is 9.78 Å². The molecule has 0 atom stereocenters. The lowest BCUT2D eigenvalue weighted by atomic mass is 10.1. The van der Waals surface area contributed by atoms with Crippen molar-refractivity contribution in [3.63, 3.8) is 0 Å². The Bertz CT molecular complexity index is 702. The van der Waals surface area contributed by atoms with Crippen LogP contribution in [0.5, 0.6) is 0 Å². The predicted molar refractivity (Wildman–Crippen MR) is 83.2 cm³/mol. The first kappa shape index (κ1) is 12.4. The van der Waals surface area contributed by atoms with E-state index in [-0.39, 0.29) is 0 Å². The summed E-state index contributed by atoms with van der Waals surface area (Å²) >= 11 is 5.18. The van der Waals surface area contributed by atoms with Crippen LogP contribution >= 0.6 is 27.3 Å². The van der Waals surface area contributed by atoms with Gasteiger partial charge < -0.3 is 5.73 Å². The van der Waals surface area contributed by atoms with Gasteiger partial charge in [0, 0.05) is 37.7 Å². The number of hydrogen-bond acceptors (Lipinski definition) is 3. The maximum absolute atomic E-state index is 5.98. The lowest BCUT2D eigenvalue weighted by Gasteiger charge is -2.01. The van der Waals surface area contributed by atoms with Crippen LogP contribution in [0, 0.1) is 0 Å². The summed E-state index contributed by atoms with van der Waals surface area (Å²) < 4.78 is 3.05. The van der Waals surface area contributed by atoms with Gasteiger partial charge in [0.05, 0.1) is 12.7 Å². The number of thiophene rings is 1. The Morgan fingerprint density at radius 3 is 2.89 bits per heavy atom. The number of halogens is 1. The highest BCUT2D eigenvalue weighted by Gasteiger charge is 2.06. The molecule has 3 aromatic rings. The zero-order valence-corrected chi connectivity index (χ0v) is 12.5. The number of rotatable bonds is 3. The summed E-state index contributed by atoms with van der Waals surface area (Å²) in [5.41, 5.74) is 8.83. The molecule has 96 valence electrons. The Balaban J connectivity index is 1.86. The Morgan fingerprint density at radius 1 is 1.32 bits per heavy atom. The number of benzene rings is 1. The standard InChI is InChI=1S/C14H12BrN3S/c15-11-5-12(19-9-11)8-18-7-10(6-17-18)13-3-1-2-4-14(13)16/h1-7,9H,8,16H2. The molecule has 2 N–H and O–H groups in total. The minimum absolute atomic E-state index is 0.779. The summed E-state index contributed by atoms with van der Waals surface area (Å²) in [5.74, 6) is 0. The van der Waals surface area contributed by atoms with E-state index in [1.165, 1.54) is 4.88 Å². The highest BCUT2D eigenvalue weighted by Crippen LogP contribution is 2.25. The van der Waals surface area contributed by atoms with Gasteiger partial charge in [-0.05, 0) is 28.1 Å². The molecule has 3 nitrogen and oxygen atoms in total. The average molecular weight is 334 g/mol. The monoisotopic (exact) mass is 333 g/mol. The molecule has 0 saturated carbocycles. The maximum atomic E-state index is 5.98. The molecule has 3 rings (SSSR count). The molecule has 2 aromatic heterocycles. The Labute approximate surface area is 123 Å². The van der Waals surface area contributed by atoms with Gasteiger partial charge >= 0.3 is 0 Å². The zero-order valence-electron chi connectivity index (χ0n) is 10.1. The van der Waals surface area contributed by atoms with Gasteiger partial charge in [-0.3, -0.25) is 4.68 Å². The second kappa shape index (κ2) is 5.19. The SMILES string of the molecule is Nc1ccccc1-c1cnn(Cc2cc(Br)cs2)c1. The van der Waals surface area contributed by atoms with Crippen molar-refractivity contribution in [1.29, 1.82) is 0 Å². The fourth-order valence-electron chi connectivity index (χ4n) is 1.95. The van der Waals surface area contributed by atoms with Crippen molar-refractivity contribution in [2.45, 2.75) is 6.54 Å². The van der Waals surface area contributed by atoms with Gasteiger partial charge in [0.1, 0.15) is 0 Å². The predicted octanol–water partition coefficient (Wildman–Crippen LogP) is 4.00. The number of nitrogens with zero attached hydrogens (tertiary/aromatic N) is 2. The van der Waals surface area contributed by atoms with Crippen molar-refractivity contribution in [2.75, 3.05) is 5.73 Å². The number of nitrogens with two attached hydrogens (primary N) is 1. The van der Waals surface area contributed by atoms with Crippen molar-refractivity contribution in [3.8, 4) is 11.1 Å². The maximum Gasteiger partial charge on any atom is 0.0752 e. The molecule has 2 heterocycles. The van der Waals surface area contributed by atoms with Crippen LogP contribution in [0.1, 0.15) is 4.88 Å². The zero-order chi connectivity index (χ0) is 13.2. The highest BCUT2D eigenvalue weighted by molar-refractivity contribution is 9.10. The Hall–Kier alpha value is -1.59. The first-order chi connectivity index (χ1) is 9.22. The van der Waals surface area contributed by atoms with Crippen molar-refractivity contribution < 1.29 is 0 Å². The molecule has 0 spiro atoms. The first-order valence-electron chi connectivity index (χ1n) is 5.82. The normalized spacial score (nSPS) is 10.8. The minimum atomic E-state index is 0.779. The van der Waals surface area contributed by atoms with Crippen molar-refractivity contribution >= 4 is 33.0 Å². The van der Waals surface area contributed by atoms with E-state index in [0.29, 0.717) is 0 Å². The molecule has 0 bridgehead atoms. The van der Waals surface area contributed by atoms with Gasteiger partial charge in [-0.25, -0.2) is 0 Å². The molecule has 0 aliphatic carbocycles. The molecule has 1 aromatic carbocycles. The van der Waals surface area contributed by atoms with Crippen LogP contribution in [0.25, 0.3) is 11.1 Å². The molecule has 0 aliphatic heterocycles. The van der Waals surface area contributed by atoms with E-state index >= 15 is 0 Å². The molecule has 0 unspecified atom stereocenters. The molecule has 19 heavy (non-hydrogen) atoms. The quantitative estimate of drug-likeness (QED) is 0.736. The van der Waals surface area contributed by atoms with Crippen LogP contribution < -0.4 is 5.73 Å². The van der Waals surface area contributed by atoms with E-state index in [0.717, 1.165) is 27.8 Å². The lowest BCUT2D eigenvalue weighted by molar-refractivity contribution is 0.695. The fourth-order valence-corrected chi connectivity index (χ4v) is 3.39. The fraction of sp³-hybridized carbons (Fsp3) is 0.0714. The first-order valence-corrected chi connectivity index (χ1v) is 7.50. The number of aromatic nitrogens is 2.